The van der Waals surface area contributed by atoms with Crippen molar-refractivity contribution in [3.63, 3.8) is 0 Å². The van der Waals surface area contributed by atoms with Gasteiger partial charge in [-0.1, -0.05) is 18.2 Å². The van der Waals surface area contributed by atoms with Crippen molar-refractivity contribution in [1.29, 1.82) is 0 Å². The molecule has 0 radical (unpaired) electrons. The summed E-state index contributed by atoms with van der Waals surface area (Å²) in [5.74, 6) is 0.334. The van der Waals surface area contributed by atoms with Gasteiger partial charge >= 0.3 is 0 Å². The molecule has 4 heterocycles. The van der Waals surface area contributed by atoms with E-state index in [2.05, 4.69) is 17.0 Å². The van der Waals surface area contributed by atoms with Crippen molar-refractivity contribution in [2.24, 2.45) is 0 Å². The molecule has 5 rings (SSSR count). The number of amides is 2. The molecule has 4 fully saturated rings. The smallest absolute Gasteiger partial charge is 0.249 e. The van der Waals surface area contributed by atoms with Crippen molar-refractivity contribution in [2.75, 3.05) is 37.7 Å². The zero-order valence-corrected chi connectivity index (χ0v) is 16.4. The Hall–Kier alpha value is -2.08. The highest BCUT2D eigenvalue weighted by Gasteiger charge is 2.58. The van der Waals surface area contributed by atoms with Crippen molar-refractivity contribution in [2.45, 2.75) is 56.2 Å². The van der Waals surface area contributed by atoms with Crippen LogP contribution in [0.15, 0.2) is 30.3 Å². The maximum atomic E-state index is 13.6. The number of para-hydroxylation sites is 1. The Kier molecular flexibility index (Phi) is 4.54. The van der Waals surface area contributed by atoms with Crippen molar-refractivity contribution in [3.05, 3.63) is 30.3 Å². The molecule has 2 atom stereocenters. The lowest BCUT2D eigenvalue weighted by atomic mass is 9.80. The molecule has 4 aliphatic rings. The second-order valence-corrected chi connectivity index (χ2v) is 8.59. The lowest BCUT2D eigenvalue weighted by Crippen LogP contribution is -2.73. The fourth-order valence-electron chi connectivity index (χ4n) is 5.55. The minimum atomic E-state index is -0.685. The van der Waals surface area contributed by atoms with Gasteiger partial charge in [-0.05, 0) is 50.7 Å². The molecule has 150 valence electrons. The Bertz CT molecular complexity index is 739. The first-order valence-electron chi connectivity index (χ1n) is 10.7. The Morgan fingerprint density at radius 1 is 1.00 bits per heavy atom. The fraction of sp³-hybridized carbons (Fsp3) is 0.636. The Labute approximate surface area is 166 Å². The van der Waals surface area contributed by atoms with E-state index in [4.69, 9.17) is 4.74 Å². The standard InChI is InChI=1S/C22H29N3O3/c26-20-19-9-4-12-24(19)21(27)22(25(20)16-18-8-5-15-28-18)10-13-23(14-11-22)17-6-2-1-3-7-17/h1-3,6-7,18-19H,4-5,8-16H2. The van der Waals surface area contributed by atoms with Gasteiger partial charge in [0.25, 0.3) is 0 Å². The Balaban J connectivity index is 1.42. The number of hydrogen-bond acceptors (Lipinski definition) is 4. The van der Waals surface area contributed by atoms with Gasteiger partial charge in [-0.15, -0.1) is 0 Å². The number of benzene rings is 1. The molecular formula is C22H29N3O3. The molecule has 1 spiro atoms. The number of piperidine rings is 1. The summed E-state index contributed by atoms with van der Waals surface area (Å²) < 4.78 is 5.85. The number of rotatable bonds is 3. The molecule has 6 heteroatoms. The van der Waals surface area contributed by atoms with Gasteiger partial charge in [-0.2, -0.15) is 0 Å². The van der Waals surface area contributed by atoms with E-state index in [9.17, 15) is 9.59 Å². The number of nitrogens with zero attached hydrogens (tertiary/aromatic N) is 3. The number of carbonyl (C=O) groups excluding carboxylic acids is 2. The molecule has 4 saturated heterocycles. The zero-order chi connectivity index (χ0) is 19.1. The summed E-state index contributed by atoms with van der Waals surface area (Å²) in [4.78, 5) is 33.2. The summed E-state index contributed by atoms with van der Waals surface area (Å²) in [6, 6.07) is 10.1. The van der Waals surface area contributed by atoms with Gasteiger partial charge in [-0.3, -0.25) is 9.59 Å². The number of ether oxygens (including phenoxy) is 1. The highest BCUT2D eigenvalue weighted by atomic mass is 16.5. The normalized spacial score (nSPS) is 29.6. The van der Waals surface area contributed by atoms with E-state index in [1.54, 1.807) is 0 Å². The van der Waals surface area contributed by atoms with Crippen LogP contribution < -0.4 is 4.90 Å². The molecule has 2 amide bonds. The molecule has 6 nitrogen and oxygen atoms in total. The molecule has 28 heavy (non-hydrogen) atoms. The second kappa shape index (κ2) is 7.07. The molecule has 2 unspecified atom stereocenters. The third-order valence-electron chi connectivity index (χ3n) is 7.10. The van der Waals surface area contributed by atoms with Crippen LogP contribution in [-0.4, -0.2) is 72.1 Å². The van der Waals surface area contributed by atoms with Crippen LogP contribution in [-0.2, 0) is 14.3 Å². The predicted octanol–water partition coefficient (Wildman–Crippen LogP) is 2.04. The molecule has 0 saturated carbocycles. The van der Waals surface area contributed by atoms with E-state index >= 15 is 0 Å². The van der Waals surface area contributed by atoms with E-state index < -0.39 is 5.54 Å². The number of fused-ring (bicyclic) bond motifs is 1. The monoisotopic (exact) mass is 383 g/mol. The van der Waals surface area contributed by atoms with Crippen molar-refractivity contribution < 1.29 is 14.3 Å². The minimum Gasteiger partial charge on any atom is -0.376 e. The summed E-state index contributed by atoms with van der Waals surface area (Å²) in [5.41, 5.74) is 0.506. The summed E-state index contributed by atoms with van der Waals surface area (Å²) in [7, 11) is 0. The van der Waals surface area contributed by atoms with Gasteiger partial charge in [0.15, 0.2) is 0 Å². The lowest BCUT2D eigenvalue weighted by molar-refractivity contribution is -0.172. The predicted molar refractivity (Wildman–Crippen MR) is 106 cm³/mol. The SMILES string of the molecule is O=C1C2CCCN2C(=O)C2(CCN(c3ccccc3)CC2)N1CC1CCCO1. The summed E-state index contributed by atoms with van der Waals surface area (Å²) in [6.07, 6.45) is 5.24. The molecule has 0 aromatic heterocycles. The third kappa shape index (κ3) is 2.81. The summed E-state index contributed by atoms with van der Waals surface area (Å²) in [6.45, 7) is 3.66. The van der Waals surface area contributed by atoms with Crippen LogP contribution in [0.4, 0.5) is 5.69 Å². The molecule has 0 N–H and O–H groups in total. The molecular weight excluding hydrogens is 354 g/mol. The van der Waals surface area contributed by atoms with Crippen LogP contribution in [0.1, 0.15) is 38.5 Å². The van der Waals surface area contributed by atoms with E-state index in [0.717, 1.165) is 51.9 Å². The highest BCUT2D eigenvalue weighted by Crippen LogP contribution is 2.40. The molecule has 1 aromatic carbocycles. The lowest BCUT2D eigenvalue weighted by Gasteiger charge is -2.54. The van der Waals surface area contributed by atoms with Gasteiger partial charge in [0, 0.05) is 38.5 Å². The first-order chi connectivity index (χ1) is 13.7. The number of piperazine rings is 1. The molecule has 1 aromatic rings. The minimum absolute atomic E-state index is 0.0775. The van der Waals surface area contributed by atoms with E-state index in [1.807, 2.05) is 28.0 Å². The quantitative estimate of drug-likeness (QED) is 0.802. The number of anilines is 1. The number of hydrogen-bond donors (Lipinski definition) is 0. The van der Waals surface area contributed by atoms with Crippen LogP contribution >= 0.6 is 0 Å². The van der Waals surface area contributed by atoms with Crippen molar-refractivity contribution >= 4 is 17.5 Å². The van der Waals surface area contributed by atoms with Gasteiger partial charge in [-0.25, -0.2) is 0 Å². The van der Waals surface area contributed by atoms with Crippen LogP contribution in [0.25, 0.3) is 0 Å². The van der Waals surface area contributed by atoms with E-state index in [-0.39, 0.29) is 24.0 Å². The van der Waals surface area contributed by atoms with Gasteiger partial charge < -0.3 is 19.4 Å². The second-order valence-electron chi connectivity index (χ2n) is 8.59. The summed E-state index contributed by atoms with van der Waals surface area (Å²) >= 11 is 0. The molecule has 0 bridgehead atoms. The van der Waals surface area contributed by atoms with Gasteiger partial charge in [0.05, 0.1) is 6.10 Å². The van der Waals surface area contributed by atoms with E-state index in [1.165, 1.54) is 5.69 Å². The van der Waals surface area contributed by atoms with Crippen molar-refractivity contribution in [1.82, 2.24) is 9.80 Å². The van der Waals surface area contributed by atoms with Crippen LogP contribution in [0.3, 0.4) is 0 Å². The van der Waals surface area contributed by atoms with Crippen LogP contribution in [0.5, 0.6) is 0 Å². The van der Waals surface area contributed by atoms with Gasteiger partial charge in [0.1, 0.15) is 11.6 Å². The van der Waals surface area contributed by atoms with Crippen LogP contribution in [0.2, 0.25) is 0 Å². The highest BCUT2D eigenvalue weighted by molar-refractivity contribution is 6.00. The van der Waals surface area contributed by atoms with Crippen molar-refractivity contribution in [3.8, 4) is 0 Å². The first-order valence-corrected chi connectivity index (χ1v) is 10.7. The Morgan fingerprint density at radius 3 is 2.50 bits per heavy atom. The number of carbonyl (C=O) groups is 2. The maximum absolute atomic E-state index is 13.6. The van der Waals surface area contributed by atoms with Crippen LogP contribution in [0, 0.1) is 0 Å². The largest absolute Gasteiger partial charge is 0.376 e. The van der Waals surface area contributed by atoms with E-state index in [0.29, 0.717) is 19.4 Å². The average Bonchev–Trinajstić information content (AvgIpc) is 3.43. The fourth-order valence-corrected chi connectivity index (χ4v) is 5.55. The molecule has 0 aliphatic carbocycles. The van der Waals surface area contributed by atoms with Gasteiger partial charge in [0.2, 0.25) is 11.8 Å². The Morgan fingerprint density at radius 2 is 1.79 bits per heavy atom. The average molecular weight is 383 g/mol. The molecule has 4 aliphatic heterocycles. The third-order valence-corrected chi connectivity index (χ3v) is 7.10. The maximum Gasteiger partial charge on any atom is 0.249 e. The summed E-state index contributed by atoms with van der Waals surface area (Å²) in [5, 5.41) is 0. The topological polar surface area (TPSA) is 53.1 Å². The first kappa shape index (κ1) is 18.0. The zero-order valence-electron chi connectivity index (χ0n) is 16.4.